The fourth-order valence-electron chi connectivity index (χ4n) is 1.55. The topological polar surface area (TPSA) is 17.1 Å². The highest BCUT2D eigenvalue weighted by Gasteiger charge is 2.17. The van der Waals surface area contributed by atoms with E-state index in [1.807, 2.05) is 6.92 Å². The molecule has 0 saturated heterocycles. The van der Waals surface area contributed by atoms with E-state index in [1.54, 1.807) is 0 Å². The molecule has 1 aliphatic rings. The number of rotatable bonds is 2. The number of carbonyl (C=O) groups excluding carboxylic acids is 1. The first-order chi connectivity index (χ1) is 5.24. The minimum atomic E-state index is 0.337. The van der Waals surface area contributed by atoms with Gasteiger partial charge in [0.05, 0.1) is 0 Å². The zero-order valence-corrected chi connectivity index (χ0v) is 7.39. The van der Waals surface area contributed by atoms with Crippen LogP contribution in [0, 0.1) is 5.92 Å². The Morgan fingerprint density at radius 3 is 2.91 bits per heavy atom. The van der Waals surface area contributed by atoms with Gasteiger partial charge < -0.3 is 0 Å². The first-order valence-corrected chi connectivity index (χ1v) is 4.42. The maximum absolute atomic E-state index is 11.2. The number of hydrogen-bond donors (Lipinski definition) is 0. The fourth-order valence-corrected chi connectivity index (χ4v) is 1.55. The lowest BCUT2D eigenvalue weighted by molar-refractivity contribution is -0.122. The Morgan fingerprint density at radius 2 is 2.45 bits per heavy atom. The zero-order valence-electron chi connectivity index (χ0n) is 7.39. The van der Waals surface area contributed by atoms with Gasteiger partial charge in [0.1, 0.15) is 5.78 Å². The average Bonchev–Trinajstić information content (AvgIpc) is 2.05. The third-order valence-electron chi connectivity index (χ3n) is 2.44. The van der Waals surface area contributed by atoms with E-state index in [2.05, 4.69) is 13.0 Å². The molecule has 0 aromatic rings. The van der Waals surface area contributed by atoms with Crippen LogP contribution in [0.4, 0.5) is 0 Å². The Balaban J connectivity index is 2.47. The Hall–Kier alpha value is -0.590. The molecule has 0 N–H and O–H groups in total. The van der Waals surface area contributed by atoms with E-state index in [4.69, 9.17) is 0 Å². The molecule has 0 aromatic carbocycles. The Kier molecular flexibility index (Phi) is 2.86. The fraction of sp³-hybridized carbons (Fsp3) is 0.700. The van der Waals surface area contributed by atoms with Crippen molar-refractivity contribution in [1.82, 2.24) is 0 Å². The van der Waals surface area contributed by atoms with Gasteiger partial charge in [0.15, 0.2) is 0 Å². The normalized spacial score (nSPS) is 24.5. The monoisotopic (exact) mass is 152 g/mol. The zero-order chi connectivity index (χ0) is 8.27. The predicted octanol–water partition coefficient (Wildman–Crippen LogP) is 2.71. The van der Waals surface area contributed by atoms with Crippen LogP contribution in [0.25, 0.3) is 0 Å². The van der Waals surface area contributed by atoms with Crippen molar-refractivity contribution >= 4 is 5.78 Å². The molecule has 0 amide bonds. The predicted molar refractivity (Wildman–Crippen MR) is 46.4 cm³/mol. The molecule has 11 heavy (non-hydrogen) atoms. The van der Waals surface area contributed by atoms with Crippen molar-refractivity contribution in [3.8, 4) is 0 Å². The van der Waals surface area contributed by atoms with Gasteiger partial charge in [-0.3, -0.25) is 4.79 Å². The van der Waals surface area contributed by atoms with E-state index in [0.717, 1.165) is 19.3 Å². The van der Waals surface area contributed by atoms with E-state index in [-0.39, 0.29) is 0 Å². The molecule has 0 fully saturated rings. The second-order valence-electron chi connectivity index (χ2n) is 3.34. The molecule has 1 heteroatoms. The van der Waals surface area contributed by atoms with Crippen LogP contribution in [0.1, 0.15) is 39.5 Å². The summed E-state index contributed by atoms with van der Waals surface area (Å²) in [6.07, 6.45) is 6.10. The summed E-state index contributed by atoms with van der Waals surface area (Å²) < 4.78 is 0. The maximum atomic E-state index is 11.2. The molecule has 1 aliphatic carbocycles. The lowest BCUT2D eigenvalue weighted by atomic mass is 9.86. The lowest BCUT2D eigenvalue weighted by Crippen LogP contribution is -2.15. The third-order valence-corrected chi connectivity index (χ3v) is 2.44. The Morgan fingerprint density at radius 1 is 1.73 bits per heavy atom. The molecule has 1 unspecified atom stereocenters. The standard InChI is InChI=1S/C10H16O/c1-3-10(11)9-6-4-8(2)5-7-9/h4,9H,3,5-7H2,1-2H3. The van der Waals surface area contributed by atoms with Crippen molar-refractivity contribution < 1.29 is 4.79 Å². The molecule has 0 bridgehead atoms. The molecule has 0 aromatic heterocycles. The van der Waals surface area contributed by atoms with Crippen LogP contribution >= 0.6 is 0 Å². The summed E-state index contributed by atoms with van der Waals surface area (Å²) in [6, 6.07) is 0. The van der Waals surface area contributed by atoms with Gasteiger partial charge in [-0.25, -0.2) is 0 Å². The smallest absolute Gasteiger partial charge is 0.136 e. The molecular weight excluding hydrogens is 136 g/mol. The molecule has 0 aliphatic heterocycles. The van der Waals surface area contributed by atoms with Crippen LogP contribution in [0.3, 0.4) is 0 Å². The van der Waals surface area contributed by atoms with E-state index < -0.39 is 0 Å². The Bertz CT molecular complexity index is 179. The SMILES string of the molecule is CCC(=O)C1CC=C(C)CC1. The Labute approximate surface area is 68.5 Å². The summed E-state index contributed by atoms with van der Waals surface area (Å²) in [6.45, 7) is 4.10. The van der Waals surface area contributed by atoms with Gasteiger partial charge in [-0.2, -0.15) is 0 Å². The number of ketones is 1. The number of hydrogen-bond acceptors (Lipinski definition) is 1. The summed E-state index contributed by atoms with van der Waals surface area (Å²) in [5.41, 5.74) is 1.45. The second-order valence-corrected chi connectivity index (χ2v) is 3.34. The molecule has 1 rings (SSSR count). The number of Topliss-reactive ketones (excluding diaryl/α,β-unsaturated/α-hetero) is 1. The van der Waals surface area contributed by atoms with Crippen molar-refractivity contribution in [2.75, 3.05) is 0 Å². The molecule has 0 heterocycles. The van der Waals surface area contributed by atoms with Crippen molar-refractivity contribution in [2.45, 2.75) is 39.5 Å². The van der Waals surface area contributed by atoms with Gasteiger partial charge >= 0.3 is 0 Å². The minimum absolute atomic E-state index is 0.337. The van der Waals surface area contributed by atoms with E-state index >= 15 is 0 Å². The average molecular weight is 152 g/mol. The van der Waals surface area contributed by atoms with Gasteiger partial charge in [0, 0.05) is 12.3 Å². The molecule has 1 nitrogen and oxygen atoms in total. The largest absolute Gasteiger partial charge is 0.299 e. The van der Waals surface area contributed by atoms with Crippen LogP contribution in [0.5, 0.6) is 0 Å². The van der Waals surface area contributed by atoms with E-state index in [1.165, 1.54) is 5.57 Å². The first kappa shape index (κ1) is 8.51. The summed E-state index contributed by atoms with van der Waals surface area (Å²) in [4.78, 5) is 11.2. The summed E-state index contributed by atoms with van der Waals surface area (Å²) in [5, 5.41) is 0. The van der Waals surface area contributed by atoms with E-state index in [0.29, 0.717) is 18.1 Å². The number of carbonyl (C=O) groups is 1. The summed E-state index contributed by atoms with van der Waals surface area (Å²) in [7, 11) is 0. The van der Waals surface area contributed by atoms with E-state index in [9.17, 15) is 4.79 Å². The minimum Gasteiger partial charge on any atom is -0.299 e. The van der Waals surface area contributed by atoms with Gasteiger partial charge in [-0.1, -0.05) is 18.6 Å². The van der Waals surface area contributed by atoms with Gasteiger partial charge in [0.2, 0.25) is 0 Å². The molecular formula is C10H16O. The maximum Gasteiger partial charge on any atom is 0.136 e. The quantitative estimate of drug-likeness (QED) is 0.556. The lowest BCUT2D eigenvalue weighted by Gasteiger charge is -2.18. The van der Waals surface area contributed by atoms with Gasteiger partial charge in [-0.05, 0) is 26.2 Å². The highest BCUT2D eigenvalue weighted by atomic mass is 16.1. The van der Waals surface area contributed by atoms with Crippen LogP contribution < -0.4 is 0 Å². The van der Waals surface area contributed by atoms with Crippen molar-refractivity contribution in [2.24, 2.45) is 5.92 Å². The molecule has 0 spiro atoms. The van der Waals surface area contributed by atoms with Crippen LogP contribution in [-0.2, 0) is 4.79 Å². The molecule has 0 radical (unpaired) electrons. The van der Waals surface area contributed by atoms with Crippen molar-refractivity contribution in [3.05, 3.63) is 11.6 Å². The summed E-state index contributed by atoms with van der Waals surface area (Å²) in [5.74, 6) is 0.775. The first-order valence-electron chi connectivity index (χ1n) is 4.42. The van der Waals surface area contributed by atoms with Crippen LogP contribution in [-0.4, -0.2) is 5.78 Å². The molecule has 1 atom stereocenters. The van der Waals surface area contributed by atoms with Crippen molar-refractivity contribution in [3.63, 3.8) is 0 Å². The second kappa shape index (κ2) is 3.70. The highest BCUT2D eigenvalue weighted by molar-refractivity contribution is 5.81. The highest BCUT2D eigenvalue weighted by Crippen LogP contribution is 2.24. The van der Waals surface area contributed by atoms with Gasteiger partial charge in [-0.15, -0.1) is 0 Å². The summed E-state index contributed by atoms with van der Waals surface area (Å²) >= 11 is 0. The third kappa shape index (κ3) is 2.18. The molecule has 62 valence electrons. The van der Waals surface area contributed by atoms with Crippen molar-refractivity contribution in [1.29, 1.82) is 0 Å². The molecule has 0 saturated carbocycles. The van der Waals surface area contributed by atoms with Gasteiger partial charge in [0.25, 0.3) is 0 Å². The van der Waals surface area contributed by atoms with Crippen LogP contribution in [0.2, 0.25) is 0 Å². The number of allylic oxidation sites excluding steroid dienone is 2. The van der Waals surface area contributed by atoms with Crippen LogP contribution in [0.15, 0.2) is 11.6 Å².